The second-order valence-corrected chi connectivity index (χ2v) is 5.02. The third kappa shape index (κ3) is 6.27. The molecule has 2 N–H and O–H groups in total. The van der Waals surface area contributed by atoms with Gasteiger partial charge in [0.25, 0.3) is 0 Å². The fraction of sp³-hybridized carbons (Fsp3) is 1.00. The lowest BCUT2D eigenvalue weighted by atomic mass is 10.0. The molecule has 3 nitrogen and oxygen atoms in total. The molecule has 0 radical (unpaired) electrons. The number of hydrogen-bond acceptors (Lipinski definition) is 2. The first-order chi connectivity index (χ1) is 5.83. The molecular weight excluding hydrogens is 188 g/mol. The molecule has 0 aromatic heterocycles. The van der Waals surface area contributed by atoms with Crippen molar-refractivity contribution in [1.82, 2.24) is 4.84 Å². The first kappa shape index (κ1) is 13.2. The highest BCUT2D eigenvalue weighted by atomic mass is 35.5. The van der Waals surface area contributed by atoms with Crippen LogP contribution in [0.25, 0.3) is 0 Å². The maximum atomic E-state index is 8.83. The molecular formula is C9H22ClN2O+. The third-order valence-electron chi connectivity index (χ3n) is 2.30. The molecule has 0 bridgehead atoms. The molecule has 0 fully saturated rings. The number of quaternary nitrogens is 1. The normalized spacial score (nSPS) is 13.4. The monoisotopic (exact) mass is 209 g/mol. The van der Waals surface area contributed by atoms with Gasteiger partial charge in [-0.3, -0.25) is 0 Å². The van der Waals surface area contributed by atoms with Gasteiger partial charge in [0.15, 0.2) is 0 Å². The minimum absolute atomic E-state index is 0.0352. The Labute approximate surface area is 86.4 Å². The van der Waals surface area contributed by atoms with E-state index in [1.54, 1.807) is 0 Å². The molecule has 0 heterocycles. The van der Waals surface area contributed by atoms with Crippen molar-refractivity contribution in [2.45, 2.75) is 25.8 Å². The van der Waals surface area contributed by atoms with Crippen molar-refractivity contribution in [3.63, 3.8) is 0 Å². The quantitative estimate of drug-likeness (QED) is 0.505. The van der Waals surface area contributed by atoms with Crippen molar-refractivity contribution in [3.05, 3.63) is 0 Å². The van der Waals surface area contributed by atoms with Gasteiger partial charge in [-0.1, -0.05) is 0 Å². The number of nitrogens with zero attached hydrogens (tertiary/aromatic N) is 1. The van der Waals surface area contributed by atoms with Crippen LogP contribution in [0.3, 0.4) is 0 Å². The highest BCUT2D eigenvalue weighted by Gasteiger charge is 2.22. The fourth-order valence-electron chi connectivity index (χ4n) is 1.01. The molecule has 0 spiro atoms. The predicted octanol–water partition coefficient (Wildman–Crippen LogP) is 0.967. The Morgan fingerprint density at radius 3 is 2.23 bits per heavy atom. The van der Waals surface area contributed by atoms with Gasteiger partial charge in [0.05, 0.1) is 27.2 Å². The summed E-state index contributed by atoms with van der Waals surface area (Å²) >= 11 is 5.59. The van der Waals surface area contributed by atoms with Crippen molar-refractivity contribution in [2.75, 3.05) is 33.8 Å². The lowest BCUT2D eigenvalue weighted by molar-refractivity contribution is -0.891. The lowest BCUT2D eigenvalue weighted by Crippen LogP contribution is -2.46. The Morgan fingerprint density at radius 1 is 1.31 bits per heavy atom. The Bertz CT molecular complexity index is 149. The van der Waals surface area contributed by atoms with E-state index >= 15 is 0 Å². The zero-order valence-electron chi connectivity index (χ0n) is 9.10. The van der Waals surface area contributed by atoms with E-state index in [1.807, 2.05) is 0 Å². The molecule has 13 heavy (non-hydrogen) atoms. The minimum atomic E-state index is -0.0352. The number of rotatable bonds is 6. The van der Waals surface area contributed by atoms with Crippen LogP contribution in [0, 0.1) is 0 Å². The summed E-state index contributed by atoms with van der Waals surface area (Å²) in [5.74, 6) is 0. The van der Waals surface area contributed by atoms with E-state index in [9.17, 15) is 0 Å². The molecule has 0 unspecified atom stereocenters. The van der Waals surface area contributed by atoms with Gasteiger partial charge in [0.1, 0.15) is 6.54 Å². The highest BCUT2D eigenvalue weighted by Crippen LogP contribution is 2.12. The predicted molar refractivity (Wildman–Crippen MR) is 56.6 cm³/mol. The summed E-state index contributed by atoms with van der Waals surface area (Å²) in [5.41, 5.74) is -0.0352. The van der Waals surface area contributed by atoms with Crippen LogP contribution in [0.2, 0.25) is 0 Å². The van der Waals surface area contributed by atoms with Crippen molar-refractivity contribution >= 4 is 11.8 Å². The van der Waals surface area contributed by atoms with Crippen LogP contribution >= 0.6 is 11.8 Å². The number of halogens is 1. The maximum Gasteiger partial charge on any atom is 0.102 e. The molecule has 0 atom stereocenters. The Kier molecular flexibility index (Phi) is 5.22. The van der Waals surface area contributed by atoms with Crippen LogP contribution in [-0.4, -0.2) is 48.9 Å². The van der Waals surface area contributed by atoms with Gasteiger partial charge in [-0.05, 0) is 25.6 Å². The molecule has 0 aromatic rings. The van der Waals surface area contributed by atoms with E-state index in [-0.39, 0.29) is 12.1 Å². The summed E-state index contributed by atoms with van der Waals surface area (Å²) in [6, 6.07) is 0. The SMILES string of the molecule is CC(C)(CC[N+](C)(C)CCO)NCl. The van der Waals surface area contributed by atoms with E-state index in [0.717, 1.165) is 24.0 Å². The van der Waals surface area contributed by atoms with Gasteiger partial charge in [-0.2, -0.15) is 0 Å². The highest BCUT2D eigenvalue weighted by molar-refractivity contribution is 6.13. The molecule has 80 valence electrons. The third-order valence-corrected chi connectivity index (χ3v) is 2.81. The molecule has 0 aliphatic heterocycles. The summed E-state index contributed by atoms with van der Waals surface area (Å²) in [5, 5.41) is 8.83. The van der Waals surface area contributed by atoms with Gasteiger partial charge in [-0.15, -0.1) is 0 Å². The molecule has 0 rings (SSSR count). The van der Waals surface area contributed by atoms with E-state index in [4.69, 9.17) is 16.9 Å². The van der Waals surface area contributed by atoms with Crippen LogP contribution < -0.4 is 4.84 Å². The molecule has 4 heteroatoms. The summed E-state index contributed by atoms with van der Waals surface area (Å²) < 4.78 is 0.832. The minimum Gasteiger partial charge on any atom is -0.391 e. The van der Waals surface area contributed by atoms with Crippen molar-refractivity contribution in [2.24, 2.45) is 0 Å². The second kappa shape index (κ2) is 5.15. The molecule has 0 aromatic carbocycles. The van der Waals surface area contributed by atoms with Crippen LogP contribution in [-0.2, 0) is 0 Å². The van der Waals surface area contributed by atoms with Gasteiger partial charge < -0.3 is 9.59 Å². The van der Waals surface area contributed by atoms with E-state index < -0.39 is 0 Å². The van der Waals surface area contributed by atoms with Gasteiger partial charge >= 0.3 is 0 Å². The van der Waals surface area contributed by atoms with Crippen LogP contribution in [0.15, 0.2) is 0 Å². The Morgan fingerprint density at radius 2 is 1.85 bits per heavy atom. The largest absolute Gasteiger partial charge is 0.391 e. The van der Waals surface area contributed by atoms with Crippen LogP contribution in [0.4, 0.5) is 0 Å². The van der Waals surface area contributed by atoms with Gasteiger partial charge in [0, 0.05) is 12.0 Å². The molecule has 0 amide bonds. The molecule has 0 saturated carbocycles. The van der Waals surface area contributed by atoms with Crippen molar-refractivity contribution < 1.29 is 9.59 Å². The number of aliphatic hydroxyl groups excluding tert-OH is 1. The summed E-state index contributed by atoms with van der Waals surface area (Å²) in [6.07, 6.45) is 0.990. The standard InChI is InChI=1S/C9H22ClN2O/c1-9(2,11-10)5-6-12(3,4)7-8-13/h11,13H,5-8H2,1-4H3/q+1. The first-order valence-electron chi connectivity index (χ1n) is 4.64. The Hall–Kier alpha value is 0.170. The van der Waals surface area contributed by atoms with E-state index in [2.05, 4.69) is 32.8 Å². The van der Waals surface area contributed by atoms with Crippen molar-refractivity contribution in [1.29, 1.82) is 0 Å². The Balaban J connectivity index is 3.86. The average Bonchev–Trinajstić information content (AvgIpc) is 2.02. The van der Waals surface area contributed by atoms with Crippen LogP contribution in [0.1, 0.15) is 20.3 Å². The lowest BCUT2D eigenvalue weighted by Gasteiger charge is -2.32. The topological polar surface area (TPSA) is 32.3 Å². The zero-order valence-corrected chi connectivity index (χ0v) is 9.86. The van der Waals surface area contributed by atoms with E-state index in [1.165, 1.54) is 0 Å². The summed E-state index contributed by atoms with van der Waals surface area (Å²) in [6.45, 7) is 6.17. The van der Waals surface area contributed by atoms with E-state index in [0.29, 0.717) is 0 Å². The number of hydrogen-bond donors (Lipinski definition) is 2. The van der Waals surface area contributed by atoms with Gasteiger partial charge in [0.2, 0.25) is 0 Å². The molecule has 0 saturated heterocycles. The maximum absolute atomic E-state index is 8.83. The summed E-state index contributed by atoms with van der Waals surface area (Å²) in [4.78, 5) is 2.76. The number of aliphatic hydroxyl groups is 1. The summed E-state index contributed by atoms with van der Waals surface area (Å²) in [7, 11) is 4.22. The fourth-order valence-corrected chi connectivity index (χ4v) is 1.11. The molecule has 0 aliphatic carbocycles. The van der Waals surface area contributed by atoms with Gasteiger partial charge in [-0.25, -0.2) is 4.84 Å². The number of likely N-dealkylation sites (N-methyl/N-ethyl adjacent to an activating group) is 1. The van der Waals surface area contributed by atoms with Crippen molar-refractivity contribution in [3.8, 4) is 0 Å². The smallest absolute Gasteiger partial charge is 0.102 e. The van der Waals surface area contributed by atoms with Crippen LogP contribution in [0.5, 0.6) is 0 Å². The average molecular weight is 210 g/mol. The molecule has 0 aliphatic rings. The number of nitrogens with one attached hydrogen (secondary N) is 1. The second-order valence-electron chi connectivity index (χ2n) is 4.83. The first-order valence-corrected chi connectivity index (χ1v) is 5.01. The zero-order chi connectivity index (χ0) is 10.5.